The summed E-state index contributed by atoms with van der Waals surface area (Å²) < 4.78 is 28.3. The fourth-order valence-electron chi connectivity index (χ4n) is 3.53. The van der Waals surface area contributed by atoms with Gasteiger partial charge in [0.2, 0.25) is 10.0 Å². The number of hydrogen-bond donors (Lipinski definition) is 1. The number of aromatic nitrogens is 1. The number of carbonyl (C=O) groups is 1. The Labute approximate surface area is 178 Å². The molecule has 158 valence electrons. The summed E-state index contributed by atoms with van der Waals surface area (Å²) >= 11 is 0. The molecule has 0 saturated heterocycles. The molecule has 1 heterocycles. The molecule has 0 aliphatic heterocycles. The molecule has 1 aromatic heterocycles. The third kappa shape index (κ3) is 4.17. The van der Waals surface area contributed by atoms with Gasteiger partial charge in [-0.2, -0.15) is 0 Å². The minimum absolute atomic E-state index is 0.121. The number of sulfonamides is 1. The number of nitrogens with one attached hydrogen (secondary N) is 1. The quantitative estimate of drug-likeness (QED) is 0.656. The summed E-state index contributed by atoms with van der Waals surface area (Å²) in [6.45, 7) is 6.03. The third-order valence-corrected chi connectivity index (χ3v) is 7.02. The van der Waals surface area contributed by atoms with Gasteiger partial charge in [-0.15, -0.1) is 0 Å². The molecule has 30 heavy (non-hydrogen) atoms. The van der Waals surface area contributed by atoms with Gasteiger partial charge in [-0.25, -0.2) is 12.7 Å². The Morgan fingerprint density at radius 3 is 2.37 bits per heavy atom. The number of hydrogen-bond acceptors (Lipinski definition) is 3. The van der Waals surface area contributed by atoms with E-state index in [1.54, 1.807) is 24.3 Å². The highest BCUT2D eigenvalue weighted by Crippen LogP contribution is 2.22. The third-order valence-electron chi connectivity index (χ3n) is 5.11. The van der Waals surface area contributed by atoms with Gasteiger partial charge in [-0.3, -0.25) is 4.79 Å². The second kappa shape index (κ2) is 8.45. The van der Waals surface area contributed by atoms with E-state index < -0.39 is 10.0 Å². The van der Waals surface area contributed by atoms with Crippen LogP contribution in [-0.2, 0) is 16.6 Å². The molecular formula is C23H27N3O3S. The number of carbonyl (C=O) groups excluding carboxylic acids is 1. The second-order valence-corrected chi connectivity index (χ2v) is 9.66. The number of benzene rings is 2. The Bertz CT molecular complexity index is 1190. The highest BCUT2D eigenvalue weighted by atomic mass is 32.2. The fourth-order valence-corrected chi connectivity index (χ4v) is 4.64. The lowest BCUT2D eigenvalue weighted by Gasteiger charge is -2.15. The van der Waals surface area contributed by atoms with Crippen LogP contribution in [0.15, 0.2) is 59.5 Å². The summed E-state index contributed by atoms with van der Waals surface area (Å²) in [6.07, 6.45) is 0. The van der Waals surface area contributed by atoms with Gasteiger partial charge in [0.05, 0.1) is 10.5 Å². The van der Waals surface area contributed by atoms with Crippen LogP contribution in [0.1, 0.15) is 32.9 Å². The smallest absolute Gasteiger partial charge is 0.253 e. The highest BCUT2D eigenvalue weighted by molar-refractivity contribution is 7.89. The van der Waals surface area contributed by atoms with Crippen molar-refractivity contribution in [3.05, 3.63) is 82.7 Å². The first-order valence-corrected chi connectivity index (χ1v) is 11.1. The standard InChI is InChI=1S/C23H27N3O3S/c1-16-9-8-11-20(13-16)26-17(2)14-21(18(26)3)23(27)24-15-19-10-6-7-12-22(19)30(28,29)25(4)5/h6-14H,15H2,1-5H3,(H,24,27). The van der Waals surface area contributed by atoms with Crippen LogP contribution in [-0.4, -0.2) is 37.3 Å². The lowest BCUT2D eigenvalue weighted by molar-refractivity contribution is 0.0950. The van der Waals surface area contributed by atoms with Crippen molar-refractivity contribution in [1.82, 2.24) is 14.2 Å². The summed E-state index contributed by atoms with van der Waals surface area (Å²) in [7, 11) is -0.611. The SMILES string of the molecule is Cc1cccc(-n2c(C)cc(C(=O)NCc3ccccc3S(=O)(=O)N(C)C)c2C)c1. The molecule has 7 heteroatoms. The highest BCUT2D eigenvalue weighted by Gasteiger charge is 2.22. The fraction of sp³-hybridized carbons (Fsp3) is 0.261. The summed E-state index contributed by atoms with van der Waals surface area (Å²) in [5.74, 6) is -0.237. The monoisotopic (exact) mass is 425 g/mol. The minimum Gasteiger partial charge on any atom is -0.348 e. The largest absolute Gasteiger partial charge is 0.348 e. The van der Waals surface area contributed by atoms with Crippen LogP contribution in [0.2, 0.25) is 0 Å². The van der Waals surface area contributed by atoms with Crippen molar-refractivity contribution in [1.29, 1.82) is 0 Å². The average molecular weight is 426 g/mol. The molecule has 0 saturated carbocycles. The maximum absolute atomic E-state index is 12.9. The lowest BCUT2D eigenvalue weighted by atomic mass is 10.2. The van der Waals surface area contributed by atoms with E-state index >= 15 is 0 Å². The van der Waals surface area contributed by atoms with Crippen molar-refractivity contribution in [2.45, 2.75) is 32.2 Å². The van der Waals surface area contributed by atoms with Crippen molar-refractivity contribution < 1.29 is 13.2 Å². The normalized spacial score (nSPS) is 11.7. The van der Waals surface area contributed by atoms with Crippen molar-refractivity contribution in [3.8, 4) is 5.69 Å². The van der Waals surface area contributed by atoms with Crippen molar-refractivity contribution in [2.75, 3.05) is 14.1 Å². The molecule has 3 aromatic rings. The average Bonchev–Trinajstić information content (AvgIpc) is 3.00. The number of rotatable bonds is 6. The van der Waals surface area contributed by atoms with Gasteiger partial charge in [-0.1, -0.05) is 30.3 Å². The Kier molecular flexibility index (Phi) is 6.14. The van der Waals surface area contributed by atoms with E-state index in [4.69, 9.17) is 0 Å². The first kappa shape index (κ1) is 21.8. The molecule has 0 atom stereocenters. The number of aryl methyl sites for hydroxylation is 2. The summed E-state index contributed by atoms with van der Waals surface area (Å²) in [6, 6.07) is 16.7. The minimum atomic E-state index is -3.59. The first-order chi connectivity index (χ1) is 14.1. The molecule has 0 spiro atoms. The molecule has 6 nitrogen and oxygen atoms in total. The maximum Gasteiger partial charge on any atom is 0.253 e. The van der Waals surface area contributed by atoms with Gasteiger partial charge >= 0.3 is 0 Å². The van der Waals surface area contributed by atoms with Crippen LogP contribution in [0.25, 0.3) is 5.69 Å². The zero-order chi connectivity index (χ0) is 22.1. The van der Waals surface area contributed by atoms with Crippen LogP contribution in [0.3, 0.4) is 0 Å². The zero-order valence-corrected chi connectivity index (χ0v) is 18.7. The maximum atomic E-state index is 12.9. The van der Waals surface area contributed by atoms with E-state index in [0.29, 0.717) is 11.1 Å². The van der Waals surface area contributed by atoms with Crippen molar-refractivity contribution in [3.63, 3.8) is 0 Å². The van der Waals surface area contributed by atoms with E-state index in [1.165, 1.54) is 18.4 Å². The lowest BCUT2D eigenvalue weighted by Crippen LogP contribution is -2.27. The topological polar surface area (TPSA) is 71.4 Å². The zero-order valence-electron chi connectivity index (χ0n) is 17.9. The molecule has 0 unspecified atom stereocenters. The summed E-state index contributed by atoms with van der Waals surface area (Å²) in [4.78, 5) is 13.1. The predicted molar refractivity (Wildman–Crippen MR) is 118 cm³/mol. The molecule has 1 N–H and O–H groups in total. The van der Waals surface area contributed by atoms with Gasteiger partial charge in [0.25, 0.3) is 5.91 Å². The van der Waals surface area contributed by atoms with Crippen molar-refractivity contribution >= 4 is 15.9 Å². The Hall–Kier alpha value is -2.90. The van der Waals surface area contributed by atoms with Crippen LogP contribution in [0, 0.1) is 20.8 Å². The molecule has 1 amide bonds. The molecule has 3 rings (SSSR count). The van der Waals surface area contributed by atoms with E-state index in [2.05, 4.69) is 11.4 Å². The van der Waals surface area contributed by atoms with Gasteiger partial charge in [-0.05, 0) is 56.2 Å². The first-order valence-electron chi connectivity index (χ1n) is 9.67. The van der Waals surface area contributed by atoms with E-state index in [0.717, 1.165) is 22.6 Å². The number of nitrogens with zero attached hydrogens (tertiary/aromatic N) is 2. The molecular weight excluding hydrogens is 398 g/mol. The van der Waals surface area contributed by atoms with Crippen molar-refractivity contribution in [2.24, 2.45) is 0 Å². The second-order valence-electron chi connectivity index (χ2n) is 7.54. The molecule has 0 aliphatic carbocycles. The molecule has 0 radical (unpaired) electrons. The molecule has 2 aromatic carbocycles. The molecule has 0 aliphatic rings. The van der Waals surface area contributed by atoms with Gasteiger partial charge in [0.15, 0.2) is 0 Å². The van der Waals surface area contributed by atoms with Gasteiger partial charge in [0.1, 0.15) is 0 Å². The van der Waals surface area contributed by atoms with Crippen LogP contribution in [0.4, 0.5) is 0 Å². The Morgan fingerprint density at radius 1 is 1.00 bits per heavy atom. The number of amides is 1. The predicted octanol–water partition coefficient (Wildman–Crippen LogP) is 3.58. The molecule has 0 bridgehead atoms. The Balaban J connectivity index is 1.87. The van der Waals surface area contributed by atoms with E-state index in [-0.39, 0.29) is 17.3 Å². The molecule has 0 fully saturated rings. The van der Waals surface area contributed by atoms with Crippen LogP contribution in [0.5, 0.6) is 0 Å². The summed E-state index contributed by atoms with van der Waals surface area (Å²) in [5, 5.41) is 2.88. The summed E-state index contributed by atoms with van der Waals surface area (Å²) in [5.41, 5.74) is 5.06. The van der Waals surface area contributed by atoms with Crippen LogP contribution >= 0.6 is 0 Å². The van der Waals surface area contributed by atoms with Gasteiger partial charge < -0.3 is 9.88 Å². The van der Waals surface area contributed by atoms with Gasteiger partial charge in [0, 0.05) is 37.7 Å². The van der Waals surface area contributed by atoms with E-state index in [9.17, 15) is 13.2 Å². The Morgan fingerprint density at radius 2 is 1.70 bits per heavy atom. The van der Waals surface area contributed by atoms with E-state index in [1.807, 2.05) is 49.6 Å². The van der Waals surface area contributed by atoms with Crippen LogP contribution < -0.4 is 5.32 Å².